The van der Waals surface area contributed by atoms with Crippen LogP contribution in [0.1, 0.15) is 6.42 Å². The Morgan fingerprint density at radius 2 is 2.00 bits per heavy atom. The van der Waals surface area contributed by atoms with Gasteiger partial charge < -0.3 is 30.6 Å². The number of thioether (sulfide) groups is 1. The molecule has 2 rings (SSSR count). The number of nitrogens with one attached hydrogen (secondary N) is 2. The zero-order valence-electron chi connectivity index (χ0n) is 14.3. The number of amides is 3. The lowest BCUT2D eigenvalue weighted by Gasteiger charge is -2.19. The highest BCUT2D eigenvalue weighted by molar-refractivity contribution is 7.98. The monoisotopic (exact) mass is 383 g/mol. The summed E-state index contributed by atoms with van der Waals surface area (Å²) in [6.45, 7) is 0.432. The molecular weight excluding hydrogens is 362 g/mol. The zero-order valence-corrected chi connectivity index (χ0v) is 15.1. The van der Waals surface area contributed by atoms with E-state index in [1.54, 1.807) is 18.2 Å². The summed E-state index contributed by atoms with van der Waals surface area (Å²) in [7, 11) is 0. The fraction of sp³-hybridized carbons (Fsp3) is 0.438. The standard InChI is InChI=1S/C16H21N3O6S/c1-26-7-4-11(19-16(17)22)15(21)25-9-14(20)18-10-2-3-12-13(8-10)24-6-5-23-12/h2-3,8,11H,4-7,9H2,1H3,(H,18,20)(H3,17,19,22)/t11-/m1/s1. The summed E-state index contributed by atoms with van der Waals surface area (Å²) in [5.41, 5.74) is 5.54. The Morgan fingerprint density at radius 3 is 2.69 bits per heavy atom. The van der Waals surface area contributed by atoms with E-state index < -0.39 is 30.6 Å². The van der Waals surface area contributed by atoms with Crippen LogP contribution in [-0.2, 0) is 14.3 Å². The summed E-state index contributed by atoms with van der Waals surface area (Å²) in [4.78, 5) is 35.0. The fourth-order valence-corrected chi connectivity index (χ4v) is 2.68. The third-order valence-electron chi connectivity index (χ3n) is 3.38. The number of carbonyl (C=O) groups excluding carboxylic acids is 3. The van der Waals surface area contributed by atoms with E-state index in [2.05, 4.69) is 10.6 Å². The van der Waals surface area contributed by atoms with Crippen LogP contribution in [-0.4, -0.2) is 55.8 Å². The molecule has 0 saturated heterocycles. The normalized spacial score (nSPS) is 13.4. The van der Waals surface area contributed by atoms with E-state index in [1.165, 1.54) is 11.8 Å². The van der Waals surface area contributed by atoms with Crippen LogP contribution in [0.4, 0.5) is 10.5 Å². The lowest BCUT2D eigenvalue weighted by atomic mass is 10.2. The molecule has 142 valence electrons. The van der Waals surface area contributed by atoms with Crippen LogP contribution in [0.3, 0.4) is 0 Å². The molecule has 1 aliphatic heterocycles. The van der Waals surface area contributed by atoms with Gasteiger partial charge in [-0.3, -0.25) is 4.79 Å². The van der Waals surface area contributed by atoms with Gasteiger partial charge in [-0.05, 0) is 30.6 Å². The van der Waals surface area contributed by atoms with Crippen LogP contribution < -0.4 is 25.8 Å². The number of hydrogen-bond donors (Lipinski definition) is 3. The molecule has 3 amide bonds. The number of carbonyl (C=O) groups is 3. The minimum absolute atomic E-state index is 0.354. The molecule has 9 nitrogen and oxygen atoms in total. The van der Waals surface area contributed by atoms with Crippen molar-refractivity contribution in [3.05, 3.63) is 18.2 Å². The Bertz CT molecular complexity index is 669. The maximum atomic E-state index is 12.0. The van der Waals surface area contributed by atoms with E-state index in [9.17, 15) is 14.4 Å². The van der Waals surface area contributed by atoms with Crippen LogP contribution in [0.5, 0.6) is 11.5 Å². The largest absolute Gasteiger partial charge is 0.486 e. The number of rotatable bonds is 8. The van der Waals surface area contributed by atoms with Gasteiger partial charge in [0.15, 0.2) is 18.1 Å². The number of primary amides is 1. The van der Waals surface area contributed by atoms with Crippen molar-refractivity contribution in [2.75, 3.05) is 37.1 Å². The van der Waals surface area contributed by atoms with Gasteiger partial charge in [-0.1, -0.05) is 0 Å². The lowest BCUT2D eigenvalue weighted by molar-refractivity contribution is -0.149. The van der Waals surface area contributed by atoms with E-state index >= 15 is 0 Å². The number of nitrogens with two attached hydrogens (primary N) is 1. The first-order chi connectivity index (χ1) is 12.5. The topological polar surface area (TPSA) is 129 Å². The Hall–Kier alpha value is -2.62. The molecule has 10 heteroatoms. The fourth-order valence-electron chi connectivity index (χ4n) is 2.21. The number of esters is 1. The molecular formula is C16H21N3O6S. The van der Waals surface area contributed by atoms with E-state index in [0.717, 1.165) is 0 Å². The minimum atomic E-state index is -0.887. The molecule has 1 atom stereocenters. The molecule has 1 heterocycles. The van der Waals surface area contributed by atoms with Crippen LogP contribution in [0.2, 0.25) is 0 Å². The molecule has 1 aliphatic rings. The first-order valence-corrected chi connectivity index (χ1v) is 9.30. The molecule has 0 saturated carbocycles. The summed E-state index contributed by atoms with van der Waals surface area (Å²) in [5.74, 6) is 0.542. The number of benzene rings is 1. The first-order valence-electron chi connectivity index (χ1n) is 7.90. The number of ether oxygens (including phenoxy) is 3. The van der Waals surface area contributed by atoms with Gasteiger partial charge >= 0.3 is 12.0 Å². The molecule has 0 unspecified atom stereocenters. The second-order valence-corrected chi connectivity index (χ2v) is 6.34. The van der Waals surface area contributed by atoms with Crippen molar-refractivity contribution in [1.82, 2.24) is 5.32 Å². The number of fused-ring (bicyclic) bond motifs is 1. The highest BCUT2D eigenvalue weighted by atomic mass is 32.2. The predicted octanol–water partition coefficient (Wildman–Crippen LogP) is 0.729. The third-order valence-corrected chi connectivity index (χ3v) is 4.03. The van der Waals surface area contributed by atoms with Gasteiger partial charge in [-0.2, -0.15) is 11.8 Å². The lowest BCUT2D eigenvalue weighted by Crippen LogP contribution is -2.45. The maximum absolute atomic E-state index is 12.0. The quantitative estimate of drug-likeness (QED) is 0.564. The Balaban J connectivity index is 1.84. The summed E-state index contributed by atoms with van der Waals surface area (Å²) in [5, 5.41) is 4.91. The van der Waals surface area contributed by atoms with Gasteiger partial charge in [0.1, 0.15) is 19.3 Å². The first kappa shape index (κ1) is 19.7. The van der Waals surface area contributed by atoms with E-state index in [1.807, 2.05) is 6.26 Å². The van der Waals surface area contributed by atoms with Gasteiger partial charge in [0, 0.05) is 11.8 Å². The van der Waals surface area contributed by atoms with Gasteiger partial charge in [-0.15, -0.1) is 0 Å². The molecule has 0 aliphatic carbocycles. The second kappa shape index (κ2) is 9.76. The van der Waals surface area contributed by atoms with Crippen molar-refractivity contribution in [1.29, 1.82) is 0 Å². The predicted molar refractivity (Wildman–Crippen MR) is 96.5 cm³/mol. The second-order valence-electron chi connectivity index (χ2n) is 5.36. The Morgan fingerprint density at radius 1 is 1.27 bits per heavy atom. The SMILES string of the molecule is CSCC[C@@H](NC(N)=O)C(=O)OCC(=O)Nc1ccc2c(c1)OCCO2. The molecule has 1 aromatic rings. The highest BCUT2D eigenvalue weighted by Gasteiger charge is 2.22. The van der Waals surface area contributed by atoms with Gasteiger partial charge in [0.05, 0.1) is 0 Å². The number of anilines is 1. The van der Waals surface area contributed by atoms with Crippen molar-refractivity contribution in [2.45, 2.75) is 12.5 Å². The molecule has 0 fully saturated rings. The molecule has 0 radical (unpaired) electrons. The Labute approximate surface area is 154 Å². The van der Waals surface area contributed by atoms with Crippen molar-refractivity contribution in [2.24, 2.45) is 5.73 Å². The number of hydrogen-bond acceptors (Lipinski definition) is 7. The van der Waals surface area contributed by atoms with Crippen LogP contribution in [0.25, 0.3) is 0 Å². The van der Waals surface area contributed by atoms with Crippen molar-refractivity contribution in [3.63, 3.8) is 0 Å². The molecule has 0 aromatic heterocycles. The van der Waals surface area contributed by atoms with Gasteiger partial charge in [-0.25, -0.2) is 9.59 Å². The summed E-state index contributed by atoms with van der Waals surface area (Å²) < 4.78 is 15.8. The average Bonchev–Trinajstić information content (AvgIpc) is 2.62. The molecule has 0 spiro atoms. The van der Waals surface area contributed by atoms with Crippen LogP contribution in [0, 0.1) is 0 Å². The van der Waals surface area contributed by atoms with E-state index in [-0.39, 0.29) is 0 Å². The zero-order chi connectivity index (χ0) is 18.9. The van der Waals surface area contributed by atoms with Crippen molar-refractivity contribution < 1.29 is 28.6 Å². The molecule has 4 N–H and O–H groups in total. The van der Waals surface area contributed by atoms with E-state index in [0.29, 0.717) is 42.6 Å². The van der Waals surface area contributed by atoms with Crippen molar-refractivity contribution in [3.8, 4) is 11.5 Å². The van der Waals surface area contributed by atoms with Crippen LogP contribution in [0.15, 0.2) is 18.2 Å². The van der Waals surface area contributed by atoms with Crippen LogP contribution >= 0.6 is 11.8 Å². The number of urea groups is 1. The Kier molecular flexibility index (Phi) is 7.39. The smallest absolute Gasteiger partial charge is 0.329 e. The van der Waals surface area contributed by atoms with E-state index in [4.69, 9.17) is 19.9 Å². The summed E-state index contributed by atoms with van der Waals surface area (Å²) in [6.07, 6.45) is 2.22. The minimum Gasteiger partial charge on any atom is -0.486 e. The highest BCUT2D eigenvalue weighted by Crippen LogP contribution is 2.32. The summed E-state index contributed by atoms with van der Waals surface area (Å²) >= 11 is 1.51. The average molecular weight is 383 g/mol. The van der Waals surface area contributed by atoms with Gasteiger partial charge in [0.2, 0.25) is 0 Å². The molecule has 0 bridgehead atoms. The van der Waals surface area contributed by atoms with Crippen molar-refractivity contribution >= 4 is 35.4 Å². The molecule has 26 heavy (non-hydrogen) atoms. The molecule has 1 aromatic carbocycles. The maximum Gasteiger partial charge on any atom is 0.329 e. The third kappa shape index (κ3) is 6.03. The van der Waals surface area contributed by atoms with Gasteiger partial charge in [0.25, 0.3) is 5.91 Å². The summed E-state index contributed by atoms with van der Waals surface area (Å²) in [6, 6.07) is 3.26.